The van der Waals surface area contributed by atoms with Crippen molar-refractivity contribution >= 4 is 33.0 Å². The molecule has 0 amide bonds. The van der Waals surface area contributed by atoms with Gasteiger partial charge in [-0.15, -0.1) is 11.3 Å². The molecule has 76 valence electrons. The molecule has 0 unspecified atom stereocenters. The van der Waals surface area contributed by atoms with Crippen LogP contribution in [0.5, 0.6) is 0 Å². The van der Waals surface area contributed by atoms with Crippen molar-refractivity contribution in [3.8, 4) is 0 Å². The molecule has 2 aromatic rings. The molecule has 0 saturated carbocycles. The van der Waals surface area contributed by atoms with E-state index < -0.39 is 0 Å². The molecule has 0 bridgehead atoms. The van der Waals surface area contributed by atoms with Crippen LogP contribution in [0.3, 0.4) is 0 Å². The third kappa shape index (κ3) is 1.91. The first-order valence-corrected chi connectivity index (χ1v) is 5.72. The monoisotopic (exact) mass is 230 g/mol. The van der Waals surface area contributed by atoms with E-state index >= 15 is 0 Å². The fraction of sp³-hybridized carbons (Fsp3) is 0.273. The molecule has 0 aliphatic rings. The summed E-state index contributed by atoms with van der Waals surface area (Å²) in [4.78, 5) is 0.969. The molecule has 14 heavy (non-hydrogen) atoms. The van der Waals surface area contributed by atoms with Crippen LogP contribution in [-0.4, -0.2) is 0 Å². The Morgan fingerprint density at radius 1 is 1.29 bits per heavy atom. The van der Waals surface area contributed by atoms with Gasteiger partial charge in [0.2, 0.25) is 0 Å². The highest BCUT2D eigenvalue weighted by Crippen LogP contribution is 2.35. The molecule has 1 heterocycles. The van der Waals surface area contributed by atoms with Gasteiger partial charge in [-0.25, -0.2) is 4.39 Å². The summed E-state index contributed by atoms with van der Waals surface area (Å²) in [7, 11) is 0. The Kier molecular flexibility index (Phi) is 3.90. The zero-order chi connectivity index (χ0) is 10.7. The van der Waals surface area contributed by atoms with E-state index in [0.29, 0.717) is 10.4 Å². The van der Waals surface area contributed by atoms with Gasteiger partial charge in [0.15, 0.2) is 0 Å². The van der Waals surface area contributed by atoms with Crippen molar-refractivity contribution in [3.05, 3.63) is 33.9 Å². The summed E-state index contributed by atoms with van der Waals surface area (Å²) in [6.45, 7) is 5.90. The second-order valence-electron chi connectivity index (χ2n) is 2.59. The smallest absolute Gasteiger partial charge is 0.133 e. The number of rotatable bonds is 0. The molecule has 0 fully saturated rings. The SMILES string of the molecule is CC.Cc1sc2cccc(F)c2c1Cl. The van der Waals surface area contributed by atoms with Crippen molar-refractivity contribution in [3.63, 3.8) is 0 Å². The molecule has 1 aromatic carbocycles. The van der Waals surface area contributed by atoms with Crippen molar-refractivity contribution in [2.75, 3.05) is 0 Å². The van der Waals surface area contributed by atoms with E-state index in [4.69, 9.17) is 11.6 Å². The van der Waals surface area contributed by atoms with Crippen LogP contribution in [0, 0.1) is 12.7 Å². The van der Waals surface area contributed by atoms with E-state index in [1.807, 2.05) is 26.8 Å². The van der Waals surface area contributed by atoms with Gasteiger partial charge in [0.05, 0.1) is 5.02 Å². The molecule has 0 spiro atoms. The van der Waals surface area contributed by atoms with Crippen molar-refractivity contribution < 1.29 is 4.39 Å². The van der Waals surface area contributed by atoms with Crippen LogP contribution >= 0.6 is 22.9 Å². The number of hydrogen-bond acceptors (Lipinski definition) is 1. The van der Waals surface area contributed by atoms with Crippen LogP contribution in [0.15, 0.2) is 18.2 Å². The second kappa shape index (κ2) is 4.76. The van der Waals surface area contributed by atoms with Crippen LogP contribution < -0.4 is 0 Å². The lowest BCUT2D eigenvalue weighted by Gasteiger charge is -1.91. The molecule has 2 rings (SSSR count). The summed E-state index contributed by atoms with van der Waals surface area (Å²) in [6, 6.07) is 5.01. The van der Waals surface area contributed by atoms with Crippen molar-refractivity contribution in [1.82, 2.24) is 0 Å². The standard InChI is InChI=1S/C9H6ClFS.C2H6/c1-5-9(10)8-6(11)3-2-4-7(8)12-5;1-2/h2-4H,1H3;1-2H3. The quantitative estimate of drug-likeness (QED) is 0.596. The largest absolute Gasteiger partial charge is 0.206 e. The van der Waals surface area contributed by atoms with Crippen LogP contribution in [0.2, 0.25) is 5.02 Å². The Bertz CT molecular complexity index is 434. The van der Waals surface area contributed by atoms with Gasteiger partial charge in [0, 0.05) is 15.0 Å². The molecule has 0 aliphatic heterocycles. The van der Waals surface area contributed by atoms with Crippen molar-refractivity contribution in [2.45, 2.75) is 20.8 Å². The third-order valence-corrected chi connectivity index (χ3v) is 3.42. The fourth-order valence-corrected chi connectivity index (χ4v) is 2.52. The Labute approximate surface area is 92.3 Å². The minimum absolute atomic E-state index is 0.234. The van der Waals surface area contributed by atoms with Gasteiger partial charge in [-0.05, 0) is 19.1 Å². The minimum atomic E-state index is -0.234. The van der Waals surface area contributed by atoms with Gasteiger partial charge in [0.25, 0.3) is 0 Å². The maximum atomic E-state index is 13.2. The highest BCUT2D eigenvalue weighted by atomic mass is 35.5. The van der Waals surface area contributed by atoms with Crippen molar-refractivity contribution in [2.24, 2.45) is 0 Å². The molecular weight excluding hydrogens is 219 g/mol. The molecule has 1 aromatic heterocycles. The van der Waals surface area contributed by atoms with E-state index in [2.05, 4.69) is 0 Å². The maximum absolute atomic E-state index is 13.2. The number of benzene rings is 1. The Morgan fingerprint density at radius 2 is 1.93 bits per heavy atom. The highest BCUT2D eigenvalue weighted by molar-refractivity contribution is 7.19. The number of halogens is 2. The first-order valence-electron chi connectivity index (χ1n) is 4.53. The van der Waals surface area contributed by atoms with Gasteiger partial charge < -0.3 is 0 Å². The fourth-order valence-electron chi connectivity index (χ4n) is 1.19. The lowest BCUT2D eigenvalue weighted by molar-refractivity contribution is 0.640. The Balaban J connectivity index is 0.000000461. The predicted molar refractivity (Wildman–Crippen MR) is 62.9 cm³/mol. The minimum Gasteiger partial charge on any atom is -0.206 e. The van der Waals surface area contributed by atoms with Gasteiger partial charge in [0.1, 0.15) is 5.82 Å². The van der Waals surface area contributed by atoms with E-state index in [0.717, 1.165) is 9.58 Å². The molecule has 0 atom stereocenters. The zero-order valence-electron chi connectivity index (χ0n) is 8.40. The topological polar surface area (TPSA) is 0 Å². The summed E-state index contributed by atoms with van der Waals surface area (Å²) in [5.41, 5.74) is 0. The summed E-state index contributed by atoms with van der Waals surface area (Å²) < 4.78 is 14.1. The van der Waals surface area contributed by atoms with Gasteiger partial charge in [-0.2, -0.15) is 0 Å². The van der Waals surface area contributed by atoms with Gasteiger partial charge >= 0.3 is 0 Å². The predicted octanol–water partition coefficient (Wildman–Crippen LogP) is 5.03. The molecule has 0 aliphatic carbocycles. The van der Waals surface area contributed by atoms with Crippen LogP contribution in [-0.2, 0) is 0 Å². The Morgan fingerprint density at radius 3 is 2.50 bits per heavy atom. The molecule has 3 heteroatoms. The lowest BCUT2D eigenvalue weighted by atomic mass is 10.2. The van der Waals surface area contributed by atoms with E-state index in [1.54, 1.807) is 6.07 Å². The third-order valence-electron chi connectivity index (χ3n) is 1.77. The average Bonchev–Trinajstić information content (AvgIpc) is 2.47. The van der Waals surface area contributed by atoms with Crippen LogP contribution in [0.4, 0.5) is 4.39 Å². The zero-order valence-corrected chi connectivity index (χ0v) is 9.97. The van der Waals surface area contributed by atoms with E-state index in [-0.39, 0.29) is 5.82 Å². The van der Waals surface area contributed by atoms with Crippen molar-refractivity contribution in [1.29, 1.82) is 0 Å². The first kappa shape index (κ1) is 11.5. The van der Waals surface area contributed by atoms with Crippen LogP contribution in [0.25, 0.3) is 10.1 Å². The highest BCUT2D eigenvalue weighted by Gasteiger charge is 2.09. The molecule has 0 saturated heterocycles. The number of hydrogen-bond donors (Lipinski definition) is 0. The van der Waals surface area contributed by atoms with Gasteiger partial charge in [-0.3, -0.25) is 0 Å². The normalized spacial score (nSPS) is 9.79. The maximum Gasteiger partial charge on any atom is 0.133 e. The van der Waals surface area contributed by atoms with E-state index in [1.165, 1.54) is 17.4 Å². The molecule has 0 nitrogen and oxygen atoms in total. The summed E-state index contributed by atoms with van der Waals surface area (Å²) >= 11 is 7.44. The molecular formula is C11H12ClFS. The van der Waals surface area contributed by atoms with Gasteiger partial charge in [-0.1, -0.05) is 31.5 Å². The summed E-state index contributed by atoms with van der Waals surface area (Å²) in [5.74, 6) is -0.234. The molecule has 0 radical (unpaired) electrons. The summed E-state index contributed by atoms with van der Waals surface area (Å²) in [5, 5.41) is 1.11. The van der Waals surface area contributed by atoms with E-state index in [9.17, 15) is 4.39 Å². The first-order chi connectivity index (χ1) is 6.70. The second-order valence-corrected chi connectivity index (χ2v) is 4.22. The molecule has 0 N–H and O–H groups in total. The Hall–Kier alpha value is -0.600. The summed E-state index contributed by atoms with van der Waals surface area (Å²) in [6.07, 6.45) is 0. The lowest BCUT2D eigenvalue weighted by Crippen LogP contribution is -1.73. The van der Waals surface area contributed by atoms with Crippen LogP contribution in [0.1, 0.15) is 18.7 Å². The number of fused-ring (bicyclic) bond motifs is 1. The number of thiophene rings is 1. The average molecular weight is 231 g/mol. The number of aryl methyl sites for hydroxylation is 1.